The Labute approximate surface area is 85.6 Å². The van der Waals surface area contributed by atoms with Gasteiger partial charge >= 0.3 is 0 Å². The van der Waals surface area contributed by atoms with Crippen molar-refractivity contribution < 1.29 is 4.84 Å². The van der Waals surface area contributed by atoms with Crippen LogP contribution in [0.15, 0.2) is 29.6 Å². The average Bonchev–Trinajstić information content (AvgIpc) is 2.16. The van der Waals surface area contributed by atoms with E-state index in [0.717, 1.165) is 5.75 Å². The third-order valence-electron chi connectivity index (χ3n) is 2.30. The lowest BCUT2D eigenvalue weighted by atomic mass is 10.2. The normalized spacial score (nSPS) is 14.9. The largest absolute Gasteiger partial charge is 0.382 e. The minimum atomic E-state index is -1.30. The maximum atomic E-state index is 5.48. The van der Waals surface area contributed by atoms with Gasteiger partial charge < -0.3 is 4.84 Å². The van der Waals surface area contributed by atoms with Crippen LogP contribution in [0.5, 0.6) is 5.75 Å². The van der Waals surface area contributed by atoms with Crippen molar-refractivity contribution in [2.24, 2.45) is 0 Å². The highest BCUT2D eigenvalue weighted by Crippen LogP contribution is 2.26. The molecule has 0 amide bonds. The van der Waals surface area contributed by atoms with Crippen LogP contribution in [0.3, 0.4) is 0 Å². The van der Waals surface area contributed by atoms with E-state index in [9.17, 15) is 0 Å². The van der Waals surface area contributed by atoms with Gasteiger partial charge in [0, 0.05) is 10.9 Å². The van der Waals surface area contributed by atoms with E-state index in [1.54, 1.807) is 0 Å². The summed E-state index contributed by atoms with van der Waals surface area (Å²) in [7, 11) is -1.30. The fourth-order valence-electron chi connectivity index (χ4n) is 1.36. The predicted octanol–water partition coefficient (Wildman–Crippen LogP) is 2.80. The van der Waals surface area contributed by atoms with Gasteiger partial charge in [0.2, 0.25) is 0 Å². The van der Waals surface area contributed by atoms with Gasteiger partial charge in [0.1, 0.15) is 8.07 Å². The number of hydroxylamine groups is 1. The summed E-state index contributed by atoms with van der Waals surface area (Å²) in [5, 5.41) is 1.25. The molecule has 74 valence electrons. The molecular weight excluding hydrogens is 190 g/mol. The number of nitrogens with one attached hydrogen (secondary N) is 1. The van der Waals surface area contributed by atoms with Gasteiger partial charge in [-0.05, 0) is 12.1 Å². The molecule has 1 heterocycles. The summed E-state index contributed by atoms with van der Waals surface area (Å²) in [6.07, 6.45) is 2.20. The Morgan fingerprint density at radius 3 is 2.57 bits per heavy atom. The maximum Gasteiger partial charge on any atom is 0.162 e. The lowest BCUT2D eigenvalue weighted by molar-refractivity contribution is 0.232. The highest BCUT2D eigenvalue weighted by Gasteiger charge is 2.23. The molecule has 1 aliphatic heterocycles. The summed E-state index contributed by atoms with van der Waals surface area (Å²) in [6.45, 7) is 6.88. The highest BCUT2D eigenvalue weighted by atomic mass is 28.3. The van der Waals surface area contributed by atoms with Gasteiger partial charge in [-0.2, -0.15) is 0 Å². The van der Waals surface area contributed by atoms with Crippen molar-refractivity contribution in [2.45, 2.75) is 19.6 Å². The molecule has 0 aliphatic carbocycles. The second-order valence-corrected chi connectivity index (χ2v) is 9.59. The van der Waals surface area contributed by atoms with E-state index in [0.29, 0.717) is 0 Å². The molecular formula is C11H15NOSi. The molecule has 2 rings (SSSR count). The Morgan fingerprint density at radius 2 is 1.86 bits per heavy atom. The first kappa shape index (κ1) is 9.34. The molecule has 0 atom stereocenters. The van der Waals surface area contributed by atoms with E-state index in [4.69, 9.17) is 4.84 Å². The first-order chi connectivity index (χ1) is 6.57. The highest BCUT2D eigenvalue weighted by molar-refractivity contribution is 6.83. The topological polar surface area (TPSA) is 21.3 Å². The predicted molar refractivity (Wildman–Crippen MR) is 61.5 cm³/mol. The van der Waals surface area contributed by atoms with Crippen LogP contribution in [0.4, 0.5) is 0 Å². The maximum absolute atomic E-state index is 5.48. The zero-order chi connectivity index (χ0) is 10.2. The number of hydrogen-bond donors (Lipinski definition) is 1. The second kappa shape index (κ2) is 3.17. The minimum absolute atomic E-state index is 0.912. The van der Waals surface area contributed by atoms with Crippen LogP contribution in [-0.4, -0.2) is 8.07 Å². The summed E-state index contributed by atoms with van der Waals surface area (Å²) < 4.78 is 0. The molecule has 0 bridgehead atoms. The SMILES string of the molecule is C[Si](C)(C)C1=Cc2ccccc2ON1. The zero-order valence-electron chi connectivity index (χ0n) is 8.79. The van der Waals surface area contributed by atoms with Crippen LogP contribution in [0.2, 0.25) is 19.6 Å². The van der Waals surface area contributed by atoms with Crippen LogP contribution in [0.25, 0.3) is 6.08 Å². The number of benzene rings is 1. The van der Waals surface area contributed by atoms with E-state index in [1.165, 1.54) is 10.9 Å². The third kappa shape index (κ3) is 1.68. The molecule has 1 aromatic carbocycles. The van der Waals surface area contributed by atoms with Gasteiger partial charge in [0.25, 0.3) is 0 Å². The average molecular weight is 205 g/mol. The molecule has 1 aliphatic rings. The number of hydrogen-bond acceptors (Lipinski definition) is 2. The van der Waals surface area contributed by atoms with Crippen molar-refractivity contribution >= 4 is 14.1 Å². The minimum Gasteiger partial charge on any atom is -0.382 e. The van der Waals surface area contributed by atoms with E-state index in [2.05, 4.69) is 37.3 Å². The van der Waals surface area contributed by atoms with Gasteiger partial charge in [-0.25, -0.2) is 5.48 Å². The third-order valence-corrected chi connectivity index (χ3v) is 4.16. The second-order valence-electron chi connectivity index (χ2n) is 4.55. The number of fused-ring (bicyclic) bond motifs is 1. The first-order valence-corrected chi connectivity index (χ1v) is 8.31. The molecule has 0 saturated carbocycles. The van der Waals surface area contributed by atoms with Crippen molar-refractivity contribution in [1.82, 2.24) is 5.48 Å². The van der Waals surface area contributed by atoms with Crippen LogP contribution < -0.4 is 10.3 Å². The quantitative estimate of drug-likeness (QED) is 0.712. The van der Waals surface area contributed by atoms with Crippen molar-refractivity contribution in [2.75, 3.05) is 0 Å². The summed E-state index contributed by atoms with van der Waals surface area (Å²) >= 11 is 0. The van der Waals surface area contributed by atoms with Gasteiger partial charge in [0.15, 0.2) is 5.75 Å². The van der Waals surface area contributed by atoms with Gasteiger partial charge in [-0.1, -0.05) is 37.8 Å². The first-order valence-electron chi connectivity index (χ1n) is 4.81. The van der Waals surface area contributed by atoms with Crippen molar-refractivity contribution in [3.8, 4) is 5.75 Å². The molecule has 0 unspecified atom stereocenters. The Morgan fingerprint density at radius 1 is 1.14 bits per heavy atom. The molecule has 3 heteroatoms. The molecule has 0 spiro atoms. The fraction of sp³-hybridized carbons (Fsp3) is 0.273. The Bertz CT molecular complexity index is 379. The lowest BCUT2D eigenvalue weighted by Gasteiger charge is -2.26. The molecule has 0 fully saturated rings. The lowest BCUT2D eigenvalue weighted by Crippen LogP contribution is -2.37. The zero-order valence-corrected chi connectivity index (χ0v) is 9.79. The van der Waals surface area contributed by atoms with E-state index < -0.39 is 8.07 Å². The van der Waals surface area contributed by atoms with Gasteiger partial charge in [-0.15, -0.1) is 0 Å². The molecule has 0 radical (unpaired) electrons. The van der Waals surface area contributed by atoms with Crippen LogP contribution >= 0.6 is 0 Å². The Hall–Kier alpha value is -1.22. The summed E-state index contributed by atoms with van der Waals surface area (Å²) in [5.74, 6) is 0.912. The van der Waals surface area contributed by atoms with Gasteiger partial charge in [-0.3, -0.25) is 0 Å². The van der Waals surface area contributed by atoms with E-state index in [1.807, 2.05) is 18.2 Å². The molecule has 2 nitrogen and oxygen atoms in total. The monoisotopic (exact) mass is 205 g/mol. The standard InChI is InChI=1S/C11H15NOSi/c1-14(2,3)11-8-9-6-4-5-7-10(9)13-12-11/h4-8,12H,1-3H3. The fourth-order valence-corrected chi connectivity index (χ4v) is 2.30. The summed E-state index contributed by atoms with van der Waals surface area (Å²) in [6, 6.07) is 8.07. The molecule has 0 saturated heterocycles. The van der Waals surface area contributed by atoms with Crippen LogP contribution in [0.1, 0.15) is 5.56 Å². The Kier molecular flexibility index (Phi) is 2.11. The Balaban J connectivity index is 2.41. The number of para-hydroxylation sites is 1. The van der Waals surface area contributed by atoms with E-state index in [-0.39, 0.29) is 0 Å². The smallest absolute Gasteiger partial charge is 0.162 e. The summed E-state index contributed by atoms with van der Waals surface area (Å²) in [5.41, 5.74) is 4.21. The van der Waals surface area contributed by atoms with Crippen molar-refractivity contribution in [3.63, 3.8) is 0 Å². The van der Waals surface area contributed by atoms with Gasteiger partial charge in [0.05, 0.1) is 0 Å². The summed E-state index contributed by atoms with van der Waals surface area (Å²) in [4.78, 5) is 5.48. The van der Waals surface area contributed by atoms with Crippen LogP contribution in [0, 0.1) is 0 Å². The molecule has 1 N–H and O–H groups in total. The molecule has 0 aromatic heterocycles. The molecule has 1 aromatic rings. The molecule has 14 heavy (non-hydrogen) atoms. The van der Waals surface area contributed by atoms with E-state index >= 15 is 0 Å². The number of rotatable bonds is 1. The van der Waals surface area contributed by atoms with Crippen molar-refractivity contribution in [1.29, 1.82) is 0 Å². The van der Waals surface area contributed by atoms with Crippen LogP contribution in [-0.2, 0) is 0 Å². The van der Waals surface area contributed by atoms with Crippen molar-refractivity contribution in [3.05, 3.63) is 35.1 Å².